The van der Waals surface area contributed by atoms with Crippen molar-refractivity contribution in [3.05, 3.63) is 53.6 Å². The number of benzene rings is 2. The molecule has 2 aromatic rings. The number of rotatable bonds is 3. The van der Waals surface area contributed by atoms with Crippen LogP contribution < -0.4 is 11.1 Å². The monoisotopic (exact) mass is 272 g/mol. The third-order valence-electron chi connectivity index (χ3n) is 2.88. The molecule has 0 atom stereocenters. The summed E-state index contributed by atoms with van der Waals surface area (Å²) < 4.78 is 0. The van der Waals surface area contributed by atoms with Crippen molar-refractivity contribution in [1.82, 2.24) is 0 Å². The van der Waals surface area contributed by atoms with Gasteiger partial charge in [-0.2, -0.15) is 0 Å². The third kappa shape index (κ3) is 3.09. The van der Waals surface area contributed by atoms with E-state index in [4.69, 9.17) is 5.73 Å². The van der Waals surface area contributed by atoms with Crippen molar-refractivity contribution in [3.8, 4) is 0 Å². The molecule has 0 unspecified atom stereocenters. The molecule has 2 rings (SSSR count). The van der Waals surface area contributed by atoms with Gasteiger partial charge in [0.2, 0.25) is 0 Å². The summed E-state index contributed by atoms with van der Waals surface area (Å²) in [6, 6.07) is 13.2. The fourth-order valence-electron chi connectivity index (χ4n) is 1.87. The van der Waals surface area contributed by atoms with Crippen LogP contribution in [-0.2, 0) is 0 Å². The highest BCUT2D eigenvalue weighted by atomic mass is 32.2. The van der Waals surface area contributed by atoms with Crippen LogP contribution in [0, 0.1) is 6.92 Å². The van der Waals surface area contributed by atoms with E-state index < -0.39 is 0 Å². The maximum atomic E-state index is 12.2. The molecule has 4 heteroatoms. The van der Waals surface area contributed by atoms with Crippen LogP contribution >= 0.6 is 11.8 Å². The number of hydrogen-bond acceptors (Lipinski definition) is 3. The van der Waals surface area contributed by atoms with Gasteiger partial charge in [-0.05, 0) is 49.1 Å². The lowest BCUT2D eigenvalue weighted by atomic mass is 10.1. The minimum absolute atomic E-state index is 0.174. The first-order valence-electron chi connectivity index (χ1n) is 5.92. The summed E-state index contributed by atoms with van der Waals surface area (Å²) >= 11 is 1.66. The highest BCUT2D eigenvalue weighted by Gasteiger charge is 2.12. The molecule has 3 nitrogen and oxygen atoms in total. The predicted octanol–water partition coefficient (Wildman–Crippen LogP) is 3.55. The van der Waals surface area contributed by atoms with E-state index in [1.165, 1.54) is 0 Å². The van der Waals surface area contributed by atoms with E-state index in [0.29, 0.717) is 11.3 Å². The van der Waals surface area contributed by atoms with Crippen molar-refractivity contribution in [2.24, 2.45) is 0 Å². The number of nitrogens with one attached hydrogen (secondary N) is 1. The van der Waals surface area contributed by atoms with E-state index in [-0.39, 0.29) is 5.91 Å². The van der Waals surface area contributed by atoms with Gasteiger partial charge in [0.05, 0.1) is 5.56 Å². The van der Waals surface area contributed by atoms with Crippen LogP contribution in [0.25, 0.3) is 0 Å². The van der Waals surface area contributed by atoms with Crippen LogP contribution in [0.15, 0.2) is 47.4 Å². The fraction of sp³-hybridized carbons (Fsp3) is 0.133. The molecule has 0 fully saturated rings. The second-order valence-electron chi connectivity index (χ2n) is 4.22. The van der Waals surface area contributed by atoms with Crippen molar-refractivity contribution in [2.75, 3.05) is 17.3 Å². The first-order valence-corrected chi connectivity index (χ1v) is 7.15. The summed E-state index contributed by atoms with van der Waals surface area (Å²) in [6.45, 7) is 1.88. The Kier molecular flexibility index (Phi) is 4.12. The molecule has 2 aromatic carbocycles. The Bertz CT molecular complexity index is 573. The molecule has 98 valence electrons. The van der Waals surface area contributed by atoms with Gasteiger partial charge in [-0.1, -0.05) is 12.1 Å². The Morgan fingerprint density at radius 2 is 1.84 bits per heavy atom. The molecule has 0 aliphatic rings. The smallest absolute Gasteiger partial charge is 0.258 e. The van der Waals surface area contributed by atoms with Gasteiger partial charge in [0, 0.05) is 16.3 Å². The molecule has 3 N–H and O–H groups in total. The summed E-state index contributed by atoms with van der Waals surface area (Å²) in [4.78, 5) is 13.4. The second-order valence-corrected chi connectivity index (χ2v) is 5.10. The molecule has 0 spiro atoms. The number of nitrogens with two attached hydrogens (primary N) is 1. The predicted molar refractivity (Wildman–Crippen MR) is 81.8 cm³/mol. The maximum Gasteiger partial charge on any atom is 0.258 e. The van der Waals surface area contributed by atoms with Crippen molar-refractivity contribution in [3.63, 3.8) is 0 Å². The summed E-state index contributed by atoms with van der Waals surface area (Å²) in [5.41, 5.74) is 8.54. The van der Waals surface area contributed by atoms with Gasteiger partial charge < -0.3 is 11.1 Å². The summed E-state index contributed by atoms with van der Waals surface area (Å²) in [5.74, 6) is -0.174. The SMILES string of the molecule is CSc1ccc(NC(=O)c2c(C)cccc2N)cc1. The molecule has 0 saturated heterocycles. The normalized spacial score (nSPS) is 10.2. The molecular formula is C15H16N2OS. The topological polar surface area (TPSA) is 55.1 Å². The Morgan fingerprint density at radius 3 is 2.42 bits per heavy atom. The van der Waals surface area contributed by atoms with Crippen LogP contribution in [0.1, 0.15) is 15.9 Å². The minimum Gasteiger partial charge on any atom is -0.398 e. The molecule has 0 aliphatic carbocycles. The summed E-state index contributed by atoms with van der Waals surface area (Å²) in [5, 5.41) is 2.86. The van der Waals surface area contributed by atoms with Crippen LogP contribution in [0.3, 0.4) is 0 Å². The molecule has 0 heterocycles. The van der Waals surface area contributed by atoms with Crippen LogP contribution in [0.4, 0.5) is 11.4 Å². The number of aryl methyl sites for hydroxylation is 1. The second kappa shape index (κ2) is 5.80. The number of anilines is 2. The standard InChI is InChI=1S/C15H16N2OS/c1-10-4-3-5-13(16)14(10)15(18)17-11-6-8-12(19-2)9-7-11/h3-9H,16H2,1-2H3,(H,17,18). The zero-order valence-corrected chi connectivity index (χ0v) is 11.8. The van der Waals surface area contributed by atoms with E-state index >= 15 is 0 Å². The van der Waals surface area contributed by atoms with E-state index in [1.54, 1.807) is 17.8 Å². The molecule has 0 saturated carbocycles. The van der Waals surface area contributed by atoms with Crippen molar-refractivity contribution >= 4 is 29.0 Å². The van der Waals surface area contributed by atoms with Crippen LogP contribution in [0.5, 0.6) is 0 Å². The zero-order chi connectivity index (χ0) is 13.8. The number of thioether (sulfide) groups is 1. The Labute approximate surface area is 117 Å². The number of nitrogen functional groups attached to an aromatic ring is 1. The van der Waals surface area contributed by atoms with E-state index in [0.717, 1.165) is 16.1 Å². The van der Waals surface area contributed by atoms with E-state index in [1.807, 2.05) is 49.6 Å². The van der Waals surface area contributed by atoms with Gasteiger partial charge >= 0.3 is 0 Å². The van der Waals surface area contributed by atoms with E-state index in [9.17, 15) is 4.79 Å². The van der Waals surface area contributed by atoms with Gasteiger partial charge in [-0.3, -0.25) is 4.79 Å². The fourth-order valence-corrected chi connectivity index (χ4v) is 2.28. The number of carbonyl (C=O) groups excluding carboxylic acids is 1. The largest absolute Gasteiger partial charge is 0.398 e. The van der Waals surface area contributed by atoms with Gasteiger partial charge in [0.15, 0.2) is 0 Å². The molecule has 0 radical (unpaired) electrons. The third-order valence-corrected chi connectivity index (χ3v) is 3.62. The number of carbonyl (C=O) groups is 1. The highest BCUT2D eigenvalue weighted by Crippen LogP contribution is 2.20. The molecule has 19 heavy (non-hydrogen) atoms. The summed E-state index contributed by atoms with van der Waals surface area (Å²) in [6.07, 6.45) is 2.02. The quantitative estimate of drug-likeness (QED) is 0.663. The van der Waals surface area contributed by atoms with Crippen LogP contribution in [0.2, 0.25) is 0 Å². The Morgan fingerprint density at radius 1 is 1.16 bits per heavy atom. The lowest BCUT2D eigenvalue weighted by molar-refractivity contribution is 0.102. The first kappa shape index (κ1) is 13.5. The Hall–Kier alpha value is -1.94. The summed E-state index contributed by atoms with van der Waals surface area (Å²) in [7, 11) is 0. The molecular weight excluding hydrogens is 256 g/mol. The lowest BCUT2D eigenvalue weighted by Crippen LogP contribution is -2.15. The van der Waals surface area contributed by atoms with Crippen molar-refractivity contribution < 1.29 is 4.79 Å². The van der Waals surface area contributed by atoms with Gasteiger partial charge in [0.25, 0.3) is 5.91 Å². The van der Waals surface area contributed by atoms with Gasteiger partial charge in [-0.15, -0.1) is 11.8 Å². The highest BCUT2D eigenvalue weighted by molar-refractivity contribution is 7.98. The zero-order valence-electron chi connectivity index (χ0n) is 10.9. The Balaban J connectivity index is 2.21. The van der Waals surface area contributed by atoms with Crippen LogP contribution in [-0.4, -0.2) is 12.2 Å². The lowest BCUT2D eigenvalue weighted by Gasteiger charge is -2.10. The van der Waals surface area contributed by atoms with Gasteiger partial charge in [-0.25, -0.2) is 0 Å². The van der Waals surface area contributed by atoms with Crippen molar-refractivity contribution in [2.45, 2.75) is 11.8 Å². The maximum absolute atomic E-state index is 12.2. The first-order chi connectivity index (χ1) is 9.11. The van der Waals surface area contributed by atoms with Gasteiger partial charge in [0.1, 0.15) is 0 Å². The molecule has 0 aliphatic heterocycles. The molecule has 0 aromatic heterocycles. The number of hydrogen-bond donors (Lipinski definition) is 2. The average Bonchev–Trinajstić information content (AvgIpc) is 2.39. The van der Waals surface area contributed by atoms with Crippen molar-refractivity contribution in [1.29, 1.82) is 0 Å². The average molecular weight is 272 g/mol. The number of amides is 1. The molecule has 1 amide bonds. The molecule has 0 bridgehead atoms. The van der Waals surface area contributed by atoms with E-state index in [2.05, 4.69) is 5.32 Å². The minimum atomic E-state index is -0.174.